The second-order valence-electron chi connectivity index (χ2n) is 4.13. The van der Waals surface area contributed by atoms with Gasteiger partial charge in [0.15, 0.2) is 5.65 Å². The molecule has 0 spiro atoms. The van der Waals surface area contributed by atoms with Crippen molar-refractivity contribution in [2.75, 3.05) is 0 Å². The lowest BCUT2D eigenvalue weighted by Crippen LogP contribution is -1.94. The topological polar surface area (TPSA) is 43.9 Å². The van der Waals surface area contributed by atoms with Crippen LogP contribution in [0.15, 0.2) is 29.3 Å². The highest BCUT2D eigenvalue weighted by atomic mass is 35.5. The maximum absolute atomic E-state index is 5.90. The zero-order valence-electron chi connectivity index (χ0n) is 10.1. The van der Waals surface area contributed by atoms with Crippen LogP contribution in [0.25, 0.3) is 16.9 Å². The number of hydrogen-bond acceptors (Lipinski definition) is 3. The summed E-state index contributed by atoms with van der Waals surface area (Å²) < 4.78 is 7.46. The molecule has 3 heterocycles. The Labute approximate surface area is 109 Å². The molecule has 0 aliphatic carbocycles. The van der Waals surface area contributed by atoms with Crippen molar-refractivity contribution >= 4 is 22.8 Å². The highest BCUT2D eigenvalue weighted by Crippen LogP contribution is 2.24. The molecule has 0 aliphatic rings. The van der Waals surface area contributed by atoms with Gasteiger partial charge in [-0.3, -0.25) is 4.57 Å². The molecular formula is C13H12ClN3O. The molecule has 5 heteroatoms. The fourth-order valence-corrected chi connectivity index (χ4v) is 2.24. The zero-order chi connectivity index (χ0) is 12.7. The molecule has 4 nitrogen and oxygen atoms in total. The lowest BCUT2D eigenvalue weighted by Gasteiger charge is -2.01. The average molecular weight is 262 g/mol. The number of imidazole rings is 1. The van der Waals surface area contributed by atoms with Crippen LogP contribution in [0.4, 0.5) is 0 Å². The first-order valence-electron chi connectivity index (χ1n) is 5.76. The van der Waals surface area contributed by atoms with Crippen LogP contribution in [-0.4, -0.2) is 14.5 Å². The molecule has 0 saturated heterocycles. The van der Waals surface area contributed by atoms with Gasteiger partial charge in [0.05, 0.1) is 10.7 Å². The van der Waals surface area contributed by atoms with Crippen LogP contribution in [0.5, 0.6) is 0 Å². The summed E-state index contributed by atoms with van der Waals surface area (Å²) in [5, 5.41) is 0.589. The number of nitrogens with zero attached hydrogens (tertiary/aromatic N) is 3. The molecule has 0 unspecified atom stereocenters. The fraction of sp³-hybridized carbons (Fsp3) is 0.231. The molecular weight excluding hydrogens is 250 g/mol. The van der Waals surface area contributed by atoms with Crippen molar-refractivity contribution in [3.05, 3.63) is 41.2 Å². The maximum Gasteiger partial charge on any atom is 0.164 e. The first kappa shape index (κ1) is 11.3. The van der Waals surface area contributed by atoms with Crippen molar-refractivity contribution in [2.45, 2.75) is 20.3 Å². The number of fused-ring (bicyclic) bond motifs is 1. The Kier molecular flexibility index (Phi) is 2.59. The second kappa shape index (κ2) is 4.14. The molecule has 3 rings (SSSR count). The van der Waals surface area contributed by atoms with Crippen LogP contribution >= 0.6 is 11.6 Å². The van der Waals surface area contributed by atoms with Gasteiger partial charge >= 0.3 is 0 Å². The van der Waals surface area contributed by atoms with E-state index in [1.165, 1.54) is 0 Å². The average Bonchev–Trinajstić information content (AvgIpc) is 2.92. The highest BCUT2D eigenvalue weighted by Gasteiger charge is 2.13. The van der Waals surface area contributed by atoms with Crippen molar-refractivity contribution < 1.29 is 4.42 Å². The van der Waals surface area contributed by atoms with Gasteiger partial charge in [-0.05, 0) is 13.0 Å². The summed E-state index contributed by atoms with van der Waals surface area (Å²) in [7, 11) is 0. The Morgan fingerprint density at radius 3 is 2.94 bits per heavy atom. The largest absolute Gasteiger partial charge is 0.467 e. The molecule has 0 amide bonds. The predicted octanol–water partition coefficient (Wildman–Crippen LogP) is 3.54. The smallest absolute Gasteiger partial charge is 0.164 e. The molecule has 92 valence electrons. The van der Waals surface area contributed by atoms with Crippen molar-refractivity contribution in [3.8, 4) is 5.69 Å². The molecule has 0 radical (unpaired) electrons. The Balaban J connectivity index is 2.22. The number of pyridine rings is 1. The quantitative estimate of drug-likeness (QED) is 0.709. The molecule has 0 aliphatic heterocycles. The molecule has 3 aromatic heterocycles. The maximum atomic E-state index is 5.90. The molecule has 0 fully saturated rings. The Morgan fingerprint density at radius 2 is 2.22 bits per heavy atom. The van der Waals surface area contributed by atoms with Crippen molar-refractivity contribution in [3.63, 3.8) is 0 Å². The molecule has 0 bridgehead atoms. The Bertz CT molecular complexity index is 714. The van der Waals surface area contributed by atoms with E-state index < -0.39 is 0 Å². The molecule has 0 atom stereocenters. The predicted molar refractivity (Wildman–Crippen MR) is 70.3 cm³/mol. The van der Waals surface area contributed by atoms with Gasteiger partial charge in [-0.25, -0.2) is 9.97 Å². The normalized spacial score (nSPS) is 11.3. The number of rotatable bonds is 2. The summed E-state index contributed by atoms with van der Waals surface area (Å²) in [6, 6.07) is 1.80. The number of aryl methyl sites for hydroxylation is 1. The molecule has 3 aromatic rings. The SMILES string of the molecule is CCc1occ(-n2cnc3cc(Cl)cnc32)c1C. The van der Waals surface area contributed by atoms with E-state index in [9.17, 15) is 0 Å². The standard InChI is InChI=1S/C13H12ClN3O/c1-3-12-8(2)11(6-18-12)17-7-16-10-4-9(14)5-15-13(10)17/h4-7H,3H2,1-2H3. The minimum atomic E-state index is 0.589. The molecule has 18 heavy (non-hydrogen) atoms. The van der Waals surface area contributed by atoms with E-state index in [2.05, 4.69) is 16.9 Å². The van der Waals surface area contributed by atoms with Gasteiger partial charge in [0, 0.05) is 18.2 Å². The highest BCUT2D eigenvalue weighted by molar-refractivity contribution is 6.31. The van der Waals surface area contributed by atoms with Gasteiger partial charge in [-0.1, -0.05) is 18.5 Å². The fourth-order valence-electron chi connectivity index (χ4n) is 2.09. The van der Waals surface area contributed by atoms with Crippen molar-refractivity contribution in [1.29, 1.82) is 0 Å². The van der Waals surface area contributed by atoms with E-state index in [4.69, 9.17) is 16.0 Å². The van der Waals surface area contributed by atoms with E-state index in [0.717, 1.165) is 34.6 Å². The summed E-state index contributed by atoms with van der Waals surface area (Å²) in [4.78, 5) is 8.63. The monoisotopic (exact) mass is 261 g/mol. The van der Waals surface area contributed by atoms with Gasteiger partial charge in [0.2, 0.25) is 0 Å². The van der Waals surface area contributed by atoms with Crippen LogP contribution < -0.4 is 0 Å². The lowest BCUT2D eigenvalue weighted by molar-refractivity contribution is 0.512. The minimum Gasteiger partial charge on any atom is -0.467 e. The minimum absolute atomic E-state index is 0.589. The van der Waals surface area contributed by atoms with Gasteiger partial charge in [0.1, 0.15) is 23.9 Å². The lowest BCUT2D eigenvalue weighted by atomic mass is 10.2. The van der Waals surface area contributed by atoms with E-state index in [0.29, 0.717) is 5.02 Å². The number of furan rings is 1. The van der Waals surface area contributed by atoms with Crippen molar-refractivity contribution in [2.24, 2.45) is 0 Å². The number of hydrogen-bond donors (Lipinski definition) is 0. The van der Waals surface area contributed by atoms with E-state index in [-0.39, 0.29) is 0 Å². The van der Waals surface area contributed by atoms with Crippen LogP contribution in [-0.2, 0) is 6.42 Å². The summed E-state index contributed by atoms with van der Waals surface area (Å²) in [6.07, 6.45) is 5.98. The number of halogens is 1. The Morgan fingerprint density at radius 1 is 1.39 bits per heavy atom. The summed E-state index contributed by atoms with van der Waals surface area (Å²) in [6.45, 7) is 4.11. The van der Waals surface area contributed by atoms with Crippen LogP contribution in [0.3, 0.4) is 0 Å². The van der Waals surface area contributed by atoms with Crippen LogP contribution in [0, 0.1) is 6.92 Å². The molecule has 0 saturated carbocycles. The van der Waals surface area contributed by atoms with Crippen molar-refractivity contribution in [1.82, 2.24) is 14.5 Å². The van der Waals surface area contributed by atoms with Gasteiger partial charge in [0.25, 0.3) is 0 Å². The van der Waals surface area contributed by atoms with E-state index in [1.54, 1.807) is 24.9 Å². The molecule has 0 N–H and O–H groups in total. The zero-order valence-corrected chi connectivity index (χ0v) is 10.9. The van der Waals surface area contributed by atoms with Crippen LogP contribution in [0.1, 0.15) is 18.2 Å². The second-order valence-corrected chi connectivity index (χ2v) is 4.57. The van der Waals surface area contributed by atoms with Crippen LogP contribution in [0.2, 0.25) is 5.02 Å². The third kappa shape index (κ3) is 1.61. The first-order valence-corrected chi connectivity index (χ1v) is 6.14. The third-order valence-corrected chi connectivity index (χ3v) is 3.26. The van der Waals surface area contributed by atoms with Gasteiger partial charge in [-0.15, -0.1) is 0 Å². The summed E-state index contributed by atoms with van der Waals surface area (Å²) in [5.74, 6) is 0.987. The first-order chi connectivity index (χ1) is 8.70. The van der Waals surface area contributed by atoms with Gasteiger partial charge < -0.3 is 4.42 Å². The Hall–Kier alpha value is -1.81. The summed E-state index contributed by atoms with van der Waals surface area (Å²) in [5.41, 5.74) is 3.66. The van der Waals surface area contributed by atoms with Gasteiger partial charge in [-0.2, -0.15) is 0 Å². The summed E-state index contributed by atoms with van der Waals surface area (Å²) >= 11 is 5.90. The number of aromatic nitrogens is 3. The van der Waals surface area contributed by atoms with E-state index in [1.807, 2.05) is 11.5 Å². The third-order valence-electron chi connectivity index (χ3n) is 3.05. The molecule has 0 aromatic carbocycles. The van der Waals surface area contributed by atoms with E-state index >= 15 is 0 Å².